The van der Waals surface area contributed by atoms with Crippen molar-refractivity contribution in [2.75, 3.05) is 6.61 Å². The Bertz CT molecular complexity index is 544. The van der Waals surface area contributed by atoms with Gasteiger partial charge >= 0.3 is 0 Å². The van der Waals surface area contributed by atoms with E-state index in [1.54, 1.807) is 6.08 Å². The second-order valence-corrected chi connectivity index (χ2v) is 4.12. The number of carbonyl (C=O) groups excluding carboxylic acids is 1. The maximum absolute atomic E-state index is 10.4. The molecular weight excluding hydrogens is 236 g/mol. The lowest BCUT2D eigenvalue weighted by Crippen LogP contribution is -2.02. The van der Waals surface area contributed by atoms with Crippen molar-refractivity contribution in [1.29, 1.82) is 0 Å². The monoisotopic (exact) mass is 252 g/mol. The van der Waals surface area contributed by atoms with E-state index in [0.29, 0.717) is 6.61 Å². The molecule has 0 aromatic heterocycles. The summed E-state index contributed by atoms with van der Waals surface area (Å²) in [5.41, 5.74) is 2.17. The van der Waals surface area contributed by atoms with E-state index in [-0.39, 0.29) is 0 Å². The van der Waals surface area contributed by atoms with Crippen LogP contribution in [0.5, 0.6) is 5.75 Å². The predicted molar refractivity (Wildman–Crippen MR) is 77.2 cm³/mol. The van der Waals surface area contributed by atoms with E-state index in [9.17, 15) is 4.79 Å². The first-order valence-electron chi connectivity index (χ1n) is 6.28. The molecule has 0 aliphatic carbocycles. The molecule has 0 atom stereocenters. The molecule has 0 heterocycles. The summed E-state index contributed by atoms with van der Waals surface area (Å²) >= 11 is 0. The molecule has 0 aliphatic heterocycles. The van der Waals surface area contributed by atoms with Gasteiger partial charge in [0, 0.05) is 12.0 Å². The van der Waals surface area contributed by atoms with Crippen LogP contribution < -0.4 is 4.74 Å². The highest BCUT2D eigenvalue weighted by Crippen LogP contribution is 2.19. The second-order valence-electron chi connectivity index (χ2n) is 4.12. The molecule has 0 aliphatic rings. The minimum Gasteiger partial charge on any atom is -0.493 e. The molecule has 19 heavy (non-hydrogen) atoms. The van der Waals surface area contributed by atoms with E-state index in [0.717, 1.165) is 24.0 Å². The van der Waals surface area contributed by atoms with Crippen molar-refractivity contribution < 1.29 is 9.53 Å². The molecule has 0 saturated carbocycles. The fraction of sp³-hybridized carbons (Fsp3) is 0.118. The van der Waals surface area contributed by atoms with Gasteiger partial charge in [-0.1, -0.05) is 48.5 Å². The van der Waals surface area contributed by atoms with Crippen molar-refractivity contribution in [3.8, 4) is 5.75 Å². The molecule has 2 aromatic rings. The standard InChI is InChI=1S/C17H16O2/c18-13-6-10-16-9-4-5-11-17(16)19-14-12-15-7-2-1-3-8-15/h1-11,13H,12,14H2/b10-6+. The van der Waals surface area contributed by atoms with Crippen LogP contribution in [0.15, 0.2) is 60.7 Å². The molecule has 0 bridgehead atoms. The van der Waals surface area contributed by atoms with E-state index in [2.05, 4.69) is 12.1 Å². The molecular formula is C17H16O2. The normalized spacial score (nSPS) is 10.5. The van der Waals surface area contributed by atoms with E-state index < -0.39 is 0 Å². The van der Waals surface area contributed by atoms with Gasteiger partial charge in [-0.05, 0) is 23.8 Å². The number of benzene rings is 2. The molecule has 2 heteroatoms. The summed E-state index contributed by atoms with van der Waals surface area (Å²) in [5, 5.41) is 0. The van der Waals surface area contributed by atoms with Crippen molar-refractivity contribution in [3.05, 3.63) is 71.8 Å². The van der Waals surface area contributed by atoms with E-state index in [4.69, 9.17) is 4.74 Å². The van der Waals surface area contributed by atoms with Crippen molar-refractivity contribution in [3.63, 3.8) is 0 Å². The summed E-state index contributed by atoms with van der Waals surface area (Å²) < 4.78 is 5.77. The maximum atomic E-state index is 10.4. The van der Waals surface area contributed by atoms with E-state index in [1.807, 2.05) is 42.5 Å². The van der Waals surface area contributed by atoms with E-state index in [1.165, 1.54) is 11.6 Å². The van der Waals surface area contributed by atoms with Gasteiger partial charge in [-0.2, -0.15) is 0 Å². The average Bonchev–Trinajstić information content (AvgIpc) is 2.47. The minimum atomic E-state index is 0.621. The first-order valence-corrected chi connectivity index (χ1v) is 6.28. The van der Waals surface area contributed by atoms with Gasteiger partial charge in [0.2, 0.25) is 0 Å². The van der Waals surface area contributed by atoms with Crippen LogP contribution in [-0.2, 0) is 11.2 Å². The number of allylic oxidation sites excluding steroid dienone is 1. The van der Waals surface area contributed by atoms with Gasteiger partial charge in [-0.15, -0.1) is 0 Å². The number of para-hydroxylation sites is 1. The van der Waals surface area contributed by atoms with Crippen LogP contribution in [0, 0.1) is 0 Å². The Balaban J connectivity index is 1.96. The summed E-state index contributed by atoms with van der Waals surface area (Å²) in [7, 11) is 0. The predicted octanol–water partition coefficient (Wildman–Crippen LogP) is 3.52. The molecule has 0 unspecified atom stereocenters. The molecule has 0 radical (unpaired) electrons. The van der Waals surface area contributed by atoms with Crippen molar-refractivity contribution in [2.45, 2.75) is 6.42 Å². The third kappa shape index (κ3) is 4.11. The summed E-state index contributed by atoms with van der Waals surface area (Å²) in [4.78, 5) is 10.4. The second kappa shape index (κ2) is 7.17. The molecule has 0 amide bonds. The Labute approximate surface area is 113 Å². The van der Waals surface area contributed by atoms with Crippen LogP contribution in [0.25, 0.3) is 6.08 Å². The zero-order valence-corrected chi connectivity index (χ0v) is 10.7. The molecule has 96 valence electrons. The fourth-order valence-corrected chi connectivity index (χ4v) is 1.82. The lowest BCUT2D eigenvalue weighted by atomic mass is 10.1. The third-order valence-corrected chi connectivity index (χ3v) is 2.76. The van der Waals surface area contributed by atoms with Gasteiger partial charge in [0.25, 0.3) is 0 Å². The Hall–Kier alpha value is -2.35. The van der Waals surface area contributed by atoms with Crippen molar-refractivity contribution in [1.82, 2.24) is 0 Å². The summed E-state index contributed by atoms with van der Waals surface area (Å²) in [6, 6.07) is 17.9. The van der Waals surface area contributed by atoms with Crippen LogP contribution in [0.1, 0.15) is 11.1 Å². The lowest BCUT2D eigenvalue weighted by Gasteiger charge is -2.09. The molecule has 2 nitrogen and oxygen atoms in total. The smallest absolute Gasteiger partial charge is 0.142 e. The Morgan fingerprint density at radius 3 is 2.47 bits per heavy atom. The average molecular weight is 252 g/mol. The highest BCUT2D eigenvalue weighted by Gasteiger charge is 1.99. The molecule has 0 fully saturated rings. The number of ether oxygens (including phenoxy) is 1. The van der Waals surface area contributed by atoms with Crippen molar-refractivity contribution in [2.24, 2.45) is 0 Å². The third-order valence-electron chi connectivity index (χ3n) is 2.76. The molecule has 0 saturated heterocycles. The van der Waals surface area contributed by atoms with Gasteiger partial charge in [0.15, 0.2) is 0 Å². The maximum Gasteiger partial charge on any atom is 0.142 e. The summed E-state index contributed by atoms with van der Waals surface area (Å²) in [6.07, 6.45) is 4.86. The topological polar surface area (TPSA) is 26.3 Å². The zero-order valence-electron chi connectivity index (χ0n) is 10.7. The highest BCUT2D eigenvalue weighted by atomic mass is 16.5. The Morgan fingerprint density at radius 2 is 1.68 bits per heavy atom. The van der Waals surface area contributed by atoms with Gasteiger partial charge in [0.05, 0.1) is 6.61 Å². The van der Waals surface area contributed by atoms with Crippen molar-refractivity contribution >= 4 is 12.4 Å². The number of hydrogen-bond donors (Lipinski definition) is 0. The quantitative estimate of drug-likeness (QED) is 0.581. The van der Waals surface area contributed by atoms with Gasteiger partial charge in [0.1, 0.15) is 12.0 Å². The number of carbonyl (C=O) groups is 1. The number of rotatable bonds is 6. The lowest BCUT2D eigenvalue weighted by molar-refractivity contribution is -0.104. The van der Waals surface area contributed by atoms with Crippen LogP contribution in [-0.4, -0.2) is 12.9 Å². The Morgan fingerprint density at radius 1 is 0.947 bits per heavy atom. The van der Waals surface area contributed by atoms with E-state index >= 15 is 0 Å². The van der Waals surface area contributed by atoms with Crippen LogP contribution in [0.3, 0.4) is 0 Å². The van der Waals surface area contributed by atoms with Gasteiger partial charge < -0.3 is 4.74 Å². The van der Waals surface area contributed by atoms with Crippen LogP contribution in [0.2, 0.25) is 0 Å². The molecule has 0 N–H and O–H groups in total. The highest BCUT2D eigenvalue weighted by molar-refractivity contribution is 5.75. The Kier molecular flexibility index (Phi) is 4.94. The van der Waals surface area contributed by atoms with Gasteiger partial charge in [-0.3, -0.25) is 4.79 Å². The first-order chi connectivity index (χ1) is 9.40. The molecule has 2 rings (SSSR count). The number of aldehydes is 1. The first kappa shape index (κ1) is 13.1. The minimum absolute atomic E-state index is 0.621. The van der Waals surface area contributed by atoms with Crippen LogP contribution >= 0.6 is 0 Å². The summed E-state index contributed by atoms with van der Waals surface area (Å²) in [6.45, 7) is 0.621. The SMILES string of the molecule is O=C/C=C/c1ccccc1OCCc1ccccc1. The number of hydrogen-bond acceptors (Lipinski definition) is 2. The van der Waals surface area contributed by atoms with Gasteiger partial charge in [-0.25, -0.2) is 0 Å². The summed E-state index contributed by atoms with van der Waals surface area (Å²) in [5.74, 6) is 0.802. The van der Waals surface area contributed by atoms with Crippen LogP contribution in [0.4, 0.5) is 0 Å². The molecule has 0 spiro atoms. The largest absolute Gasteiger partial charge is 0.493 e. The zero-order chi connectivity index (χ0) is 13.3. The fourth-order valence-electron chi connectivity index (χ4n) is 1.82. The molecule has 2 aromatic carbocycles.